The average Bonchev–Trinajstić information content (AvgIpc) is 2.97. The molecule has 5 heteroatoms. The van der Waals surface area contributed by atoms with Crippen molar-refractivity contribution >= 4 is 5.91 Å². The fourth-order valence-electron chi connectivity index (χ4n) is 2.89. The minimum Gasteiger partial charge on any atom is -0.492 e. The van der Waals surface area contributed by atoms with E-state index >= 15 is 0 Å². The van der Waals surface area contributed by atoms with Crippen LogP contribution in [0.1, 0.15) is 32.9 Å². The molecule has 0 spiro atoms. The maximum Gasteiger partial charge on any atom is 0.251 e. The van der Waals surface area contributed by atoms with E-state index in [4.69, 9.17) is 4.74 Å². The summed E-state index contributed by atoms with van der Waals surface area (Å²) in [5, 5.41) is 7.38. The standard InChI is InChI=1S/C22H25N3O2/c1-16-7-9-21(10-8-16)27-12-11-23-22(26)20-6-4-5-19(14-20)15-25-18(3)13-17(2)24-25/h4-10,13-14H,11-12,15H2,1-3H3,(H,23,26). The summed E-state index contributed by atoms with van der Waals surface area (Å²) >= 11 is 0. The van der Waals surface area contributed by atoms with Gasteiger partial charge in [0.05, 0.1) is 18.8 Å². The highest BCUT2D eigenvalue weighted by Gasteiger charge is 2.08. The number of nitrogens with zero attached hydrogens (tertiary/aromatic N) is 2. The zero-order valence-electron chi connectivity index (χ0n) is 16.0. The van der Waals surface area contributed by atoms with Crippen LogP contribution in [0.25, 0.3) is 0 Å². The van der Waals surface area contributed by atoms with E-state index in [2.05, 4.69) is 10.4 Å². The summed E-state index contributed by atoms with van der Waals surface area (Å²) in [6, 6.07) is 17.5. The molecule has 0 saturated heterocycles. The Kier molecular flexibility index (Phi) is 5.91. The zero-order valence-corrected chi connectivity index (χ0v) is 16.0. The number of hydrogen-bond donors (Lipinski definition) is 1. The molecule has 1 heterocycles. The lowest BCUT2D eigenvalue weighted by Gasteiger charge is -2.09. The predicted molar refractivity (Wildman–Crippen MR) is 106 cm³/mol. The quantitative estimate of drug-likeness (QED) is 0.652. The Bertz CT molecular complexity index is 914. The third-order valence-electron chi connectivity index (χ3n) is 4.30. The molecule has 1 N–H and O–H groups in total. The lowest BCUT2D eigenvalue weighted by atomic mass is 10.1. The minimum absolute atomic E-state index is 0.0993. The third-order valence-corrected chi connectivity index (χ3v) is 4.30. The zero-order chi connectivity index (χ0) is 19.2. The van der Waals surface area contributed by atoms with Gasteiger partial charge >= 0.3 is 0 Å². The largest absolute Gasteiger partial charge is 0.492 e. The van der Waals surface area contributed by atoms with E-state index in [1.54, 1.807) is 0 Å². The molecule has 0 aliphatic heterocycles. The van der Waals surface area contributed by atoms with Gasteiger partial charge in [-0.25, -0.2) is 0 Å². The van der Waals surface area contributed by atoms with Crippen LogP contribution in [0.3, 0.4) is 0 Å². The van der Waals surface area contributed by atoms with Crippen molar-refractivity contribution in [2.75, 3.05) is 13.2 Å². The molecule has 3 rings (SSSR count). The Hall–Kier alpha value is -3.08. The lowest BCUT2D eigenvalue weighted by molar-refractivity contribution is 0.0947. The normalized spacial score (nSPS) is 10.6. The molecule has 0 aliphatic carbocycles. The Morgan fingerprint density at radius 1 is 1.07 bits per heavy atom. The molecule has 0 saturated carbocycles. The third kappa shape index (κ3) is 5.20. The molecule has 140 valence electrons. The topological polar surface area (TPSA) is 56.1 Å². The van der Waals surface area contributed by atoms with Gasteiger partial charge in [0.25, 0.3) is 5.91 Å². The number of carbonyl (C=O) groups is 1. The SMILES string of the molecule is Cc1ccc(OCCNC(=O)c2cccc(Cn3nc(C)cc3C)c2)cc1. The summed E-state index contributed by atoms with van der Waals surface area (Å²) < 4.78 is 7.59. The van der Waals surface area contributed by atoms with Crippen molar-refractivity contribution < 1.29 is 9.53 Å². The van der Waals surface area contributed by atoms with E-state index in [-0.39, 0.29) is 5.91 Å². The van der Waals surface area contributed by atoms with Crippen LogP contribution in [0, 0.1) is 20.8 Å². The maximum absolute atomic E-state index is 12.4. The van der Waals surface area contributed by atoms with Crippen molar-refractivity contribution in [3.63, 3.8) is 0 Å². The van der Waals surface area contributed by atoms with E-state index < -0.39 is 0 Å². The van der Waals surface area contributed by atoms with E-state index in [1.807, 2.05) is 80.1 Å². The van der Waals surface area contributed by atoms with Gasteiger partial charge in [-0.15, -0.1) is 0 Å². The second-order valence-corrected chi connectivity index (χ2v) is 6.70. The van der Waals surface area contributed by atoms with Crippen LogP contribution in [-0.2, 0) is 6.54 Å². The Balaban J connectivity index is 1.52. The van der Waals surface area contributed by atoms with Crippen LogP contribution in [0.4, 0.5) is 0 Å². The van der Waals surface area contributed by atoms with Gasteiger partial charge in [-0.05, 0) is 56.7 Å². The van der Waals surface area contributed by atoms with Crippen molar-refractivity contribution in [1.29, 1.82) is 0 Å². The van der Waals surface area contributed by atoms with Crippen LogP contribution in [-0.4, -0.2) is 28.8 Å². The molecular formula is C22H25N3O2. The molecule has 2 aromatic carbocycles. The molecule has 1 amide bonds. The Morgan fingerprint density at radius 3 is 2.56 bits per heavy atom. The number of carbonyl (C=O) groups excluding carboxylic acids is 1. The van der Waals surface area contributed by atoms with Gasteiger partial charge in [-0.3, -0.25) is 9.48 Å². The van der Waals surface area contributed by atoms with Gasteiger partial charge in [0.15, 0.2) is 0 Å². The fourth-order valence-corrected chi connectivity index (χ4v) is 2.89. The van der Waals surface area contributed by atoms with Crippen molar-refractivity contribution in [1.82, 2.24) is 15.1 Å². The van der Waals surface area contributed by atoms with Crippen LogP contribution in [0.5, 0.6) is 5.75 Å². The first kappa shape index (κ1) is 18.7. The highest BCUT2D eigenvalue weighted by molar-refractivity contribution is 5.94. The van der Waals surface area contributed by atoms with Crippen LogP contribution >= 0.6 is 0 Å². The molecule has 0 aliphatic rings. The van der Waals surface area contributed by atoms with Gasteiger partial charge in [0, 0.05) is 11.3 Å². The number of nitrogens with one attached hydrogen (secondary N) is 1. The minimum atomic E-state index is -0.0993. The van der Waals surface area contributed by atoms with Crippen molar-refractivity contribution in [2.24, 2.45) is 0 Å². The summed E-state index contributed by atoms with van der Waals surface area (Å²) in [6.07, 6.45) is 0. The Labute approximate surface area is 160 Å². The summed E-state index contributed by atoms with van der Waals surface area (Å²) in [7, 11) is 0. The first-order chi connectivity index (χ1) is 13.0. The monoisotopic (exact) mass is 363 g/mol. The van der Waals surface area contributed by atoms with Gasteiger partial charge in [0.2, 0.25) is 0 Å². The highest BCUT2D eigenvalue weighted by atomic mass is 16.5. The highest BCUT2D eigenvalue weighted by Crippen LogP contribution is 2.12. The second kappa shape index (κ2) is 8.54. The molecule has 0 bridgehead atoms. The van der Waals surface area contributed by atoms with Crippen molar-refractivity contribution in [3.8, 4) is 5.75 Å². The number of rotatable bonds is 7. The number of benzene rings is 2. The molecule has 5 nitrogen and oxygen atoms in total. The first-order valence-corrected chi connectivity index (χ1v) is 9.09. The molecular weight excluding hydrogens is 338 g/mol. The molecule has 1 aromatic heterocycles. The van der Waals surface area contributed by atoms with Gasteiger partial charge in [0.1, 0.15) is 12.4 Å². The molecule has 0 radical (unpaired) electrons. The molecule has 0 unspecified atom stereocenters. The number of aromatic nitrogens is 2. The summed E-state index contributed by atoms with van der Waals surface area (Å²) in [4.78, 5) is 12.4. The maximum atomic E-state index is 12.4. The fraction of sp³-hybridized carbons (Fsp3) is 0.273. The summed E-state index contributed by atoms with van der Waals surface area (Å²) in [5.41, 5.74) is 4.98. The van der Waals surface area contributed by atoms with Gasteiger partial charge in [-0.2, -0.15) is 5.10 Å². The van der Waals surface area contributed by atoms with E-state index in [9.17, 15) is 4.79 Å². The molecule has 0 fully saturated rings. The number of aryl methyl sites for hydroxylation is 3. The van der Waals surface area contributed by atoms with Crippen molar-refractivity contribution in [2.45, 2.75) is 27.3 Å². The van der Waals surface area contributed by atoms with Crippen molar-refractivity contribution in [3.05, 3.63) is 82.7 Å². The van der Waals surface area contributed by atoms with E-state index in [0.29, 0.717) is 25.3 Å². The number of amides is 1. The molecule has 3 aromatic rings. The Morgan fingerprint density at radius 2 is 1.85 bits per heavy atom. The van der Waals surface area contributed by atoms with E-state index in [0.717, 1.165) is 22.7 Å². The smallest absolute Gasteiger partial charge is 0.251 e. The van der Waals surface area contributed by atoms with Crippen LogP contribution in [0.2, 0.25) is 0 Å². The number of hydrogen-bond acceptors (Lipinski definition) is 3. The lowest BCUT2D eigenvalue weighted by Crippen LogP contribution is -2.28. The molecule has 0 atom stereocenters. The van der Waals surface area contributed by atoms with Gasteiger partial charge in [-0.1, -0.05) is 29.8 Å². The number of ether oxygens (including phenoxy) is 1. The predicted octanol–water partition coefficient (Wildman–Crippen LogP) is 3.67. The molecule has 27 heavy (non-hydrogen) atoms. The first-order valence-electron chi connectivity index (χ1n) is 9.09. The average molecular weight is 363 g/mol. The van der Waals surface area contributed by atoms with E-state index in [1.165, 1.54) is 5.56 Å². The summed E-state index contributed by atoms with van der Waals surface area (Å²) in [5.74, 6) is 0.708. The van der Waals surface area contributed by atoms with Crippen LogP contribution in [0.15, 0.2) is 54.6 Å². The second-order valence-electron chi connectivity index (χ2n) is 6.70. The van der Waals surface area contributed by atoms with Gasteiger partial charge < -0.3 is 10.1 Å². The van der Waals surface area contributed by atoms with Crippen LogP contribution < -0.4 is 10.1 Å². The summed E-state index contributed by atoms with van der Waals surface area (Å²) in [6.45, 7) is 7.58.